The van der Waals surface area contributed by atoms with Crippen LogP contribution >= 0.6 is 0 Å². The topological polar surface area (TPSA) is 64.9 Å². The lowest BCUT2D eigenvalue weighted by atomic mass is 10.3. The first-order chi connectivity index (χ1) is 7.63. The van der Waals surface area contributed by atoms with E-state index in [1.165, 1.54) is 0 Å². The fourth-order valence-electron chi connectivity index (χ4n) is 1.17. The monoisotopic (exact) mass is 221 g/mol. The van der Waals surface area contributed by atoms with Gasteiger partial charge >= 0.3 is 0 Å². The maximum Gasteiger partial charge on any atom is 0.274 e. The van der Waals surface area contributed by atoms with E-state index in [1.807, 2.05) is 18.2 Å². The fourth-order valence-corrected chi connectivity index (χ4v) is 1.17. The van der Waals surface area contributed by atoms with Gasteiger partial charge in [-0.15, -0.1) is 0 Å². The predicted molar refractivity (Wildman–Crippen MR) is 62.8 cm³/mol. The standard InChI is InChI=1S/C11H15N3O2/c1-14(2)8-10(13-16)11(15)12-9-6-4-3-5-7-9/h3-7,16H,8H2,1-2H3,(H,12,15). The molecule has 1 aromatic rings. The highest BCUT2D eigenvalue weighted by atomic mass is 16.4. The fraction of sp³-hybridized carbons (Fsp3) is 0.273. The molecule has 0 saturated heterocycles. The second-order valence-corrected chi connectivity index (χ2v) is 3.60. The molecular weight excluding hydrogens is 206 g/mol. The number of carbonyl (C=O) groups is 1. The van der Waals surface area contributed by atoms with Crippen molar-refractivity contribution in [1.29, 1.82) is 0 Å². The minimum atomic E-state index is -0.401. The Labute approximate surface area is 94.4 Å². The van der Waals surface area contributed by atoms with Gasteiger partial charge in [0, 0.05) is 12.2 Å². The van der Waals surface area contributed by atoms with Crippen LogP contribution in [-0.2, 0) is 4.79 Å². The van der Waals surface area contributed by atoms with Gasteiger partial charge in [0.05, 0.1) is 0 Å². The summed E-state index contributed by atoms with van der Waals surface area (Å²) in [5.74, 6) is -0.401. The highest BCUT2D eigenvalue weighted by Gasteiger charge is 2.12. The van der Waals surface area contributed by atoms with E-state index in [2.05, 4.69) is 10.5 Å². The number of para-hydroxylation sites is 1. The van der Waals surface area contributed by atoms with Crippen molar-refractivity contribution in [3.05, 3.63) is 30.3 Å². The lowest BCUT2D eigenvalue weighted by Crippen LogP contribution is -2.32. The zero-order valence-corrected chi connectivity index (χ0v) is 9.34. The molecule has 0 aromatic heterocycles. The summed E-state index contributed by atoms with van der Waals surface area (Å²) in [6.07, 6.45) is 0. The Balaban J connectivity index is 2.64. The van der Waals surface area contributed by atoms with Crippen molar-refractivity contribution >= 4 is 17.3 Å². The zero-order chi connectivity index (χ0) is 12.0. The largest absolute Gasteiger partial charge is 0.410 e. The predicted octanol–water partition coefficient (Wildman–Crippen LogP) is 1.02. The Hall–Kier alpha value is -1.88. The van der Waals surface area contributed by atoms with E-state index in [4.69, 9.17) is 5.21 Å². The third-order valence-electron chi connectivity index (χ3n) is 1.88. The number of benzene rings is 1. The van der Waals surface area contributed by atoms with Gasteiger partial charge in [-0.3, -0.25) is 4.79 Å². The van der Waals surface area contributed by atoms with Crippen molar-refractivity contribution in [1.82, 2.24) is 4.90 Å². The van der Waals surface area contributed by atoms with Crippen LogP contribution in [0.2, 0.25) is 0 Å². The van der Waals surface area contributed by atoms with E-state index in [0.29, 0.717) is 5.69 Å². The van der Waals surface area contributed by atoms with E-state index < -0.39 is 5.91 Å². The number of hydrogen-bond acceptors (Lipinski definition) is 4. The van der Waals surface area contributed by atoms with Crippen molar-refractivity contribution in [2.24, 2.45) is 5.16 Å². The number of nitrogens with one attached hydrogen (secondary N) is 1. The van der Waals surface area contributed by atoms with Gasteiger partial charge in [0.15, 0.2) is 5.71 Å². The molecule has 0 aliphatic carbocycles. The van der Waals surface area contributed by atoms with Crippen LogP contribution in [-0.4, -0.2) is 42.4 Å². The average molecular weight is 221 g/mol. The van der Waals surface area contributed by atoms with Gasteiger partial charge < -0.3 is 15.4 Å². The molecule has 5 heteroatoms. The maximum atomic E-state index is 11.7. The third-order valence-corrected chi connectivity index (χ3v) is 1.88. The van der Waals surface area contributed by atoms with Gasteiger partial charge in [-0.05, 0) is 26.2 Å². The Kier molecular flexibility index (Phi) is 4.47. The summed E-state index contributed by atoms with van der Waals surface area (Å²) in [4.78, 5) is 13.4. The third kappa shape index (κ3) is 3.70. The molecule has 86 valence electrons. The Morgan fingerprint density at radius 1 is 1.38 bits per heavy atom. The van der Waals surface area contributed by atoms with Crippen LogP contribution in [0, 0.1) is 0 Å². The molecule has 5 nitrogen and oxygen atoms in total. The Morgan fingerprint density at radius 2 is 2.00 bits per heavy atom. The number of hydrogen-bond donors (Lipinski definition) is 2. The van der Waals surface area contributed by atoms with Crippen molar-refractivity contribution in [3.63, 3.8) is 0 Å². The molecule has 0 saturated carbocycles. The molecule has 0 spiro atoms. The molecule has 16 heavy (non-hydrogen) atoms. The van der Waals surface area contributed by atoms with Crippen LogP contribution in [0.3, 0.4) is 0 Å². The highest BCUT2D eigenvalue weighted by molar-refractivity contribution is 6.43. The van der Waals surface area contributed by atoms with E-state index in [0.717, 1.165) is 0 Å². The van der Waals surface area contributed by atoms with Crippen LogP contribution in [0.1, 0.15) is 0 Å². The van der Waals surface area contributed by atoms with Gasteiger partial charge in [0.25, 0.3) is 5.91 Å². The van der Waals surface area contributed by atoms with Gasteiger partial charge in [-0.2, -0.15) is 0 Å². The second kappa shape index (κ2) is 5.87. The van der Waals surface area contributed by atoms with E-state index >= 15 is 0 Å². The van der Waals surface area contributed by atoms with Crippen molar-refractivity contribution in [2.75, 3.05) is 26.0 Å². The number of carbonyl (C=O) groups excluding carboxylic acids is 1. The normalized spacial score (nSPS) is 11.6. The first kappa shape index (κ1) is 12.2. The molecule has 1 rings (SSSR count). The summed E-state index contributed by atoms with van der Waals surface area (Å²) >= 11 is 0. The molecule has 0 bridgehead atoms. The number of amides is 1. The summed E-state index contributed by atoms with van der Waals surface area (Å²) in [7, 11) is 3.59. The van der Waals surface area contributed by atoms with Crippen LogP contribution in [0.25, 0.3) is 0 Å². The molecule has 0 radical (unpaired) electrons. The van der Waals surface area contributed by atoms with Crippen molar-refractivity contribution < 1.29 is 10.0 Å². The van der Waals surface area contributed by atoms with Gasteiger partial charge in [-0.25, -0.2) is 0 Å². The molecule has 0 aliphatic rings. The Morgan fingerprint density at radius 3 is 2.50 bits per heavy atom. The number of anilines is 1. The molecule has 2 N–H and O–H groups in total. The summed E-state index contributed by atoms with van der Waals surface area (Å²) in [6.45, 7) is 0.287. The summed E-state index contributed by atoms with van der Waals surface area (Å²) in [5.41, 5.74) is 0.751. The van der Waals surface area contributed by atoms with Gasteiger partial charge in [0.1, 0.15) is 0 Å². The lowest BCUT2D eigenvalue weighted by Gasteiger charge is -2.10. The van der Waals surface area contributed by atoms with E-state index in [1.54, 1.807) is 31.1 Å². The smallest absolute Gasteiger partial charge is 0.274 e. The first-order valence-corrected chi connectivity index (χ1v) is 4.85. The Bertz CT molecular complexity index is 374. The second-order valence-electron chi connectivity index (χ2n) is 3.60. The summed E-state index contributed by atoms with van der Waals surface area (Å²) in [6, 6.07) is 9.02. The summed E-state index contributed by atoms with van der Waals surface area (Å²) in [5, 5.41) is 14.4. The SMILES string of the molecule is CN(C)CC(=NO)C(=O)Nc1ccccc1. The average Bonchev–Trinajstić information content (AvgIpc) is 2.26. The van der Waals surface area contributed by atoms with Crippen LogP contribution in [0.15, 0.2) is 35.5 Å². The minimum absolute atomic E-state index is 0.0776. The van der Waals surface area contributed by atoms with Gasteiger partial charge in [-0.1, -0.05) is 23.4 Å². The number of oxime groups is 1. The molecule has 0 aliphatic heterocycles. The molecule has 0 atom stereocenters. The molecule has 0 heterocycles. The van der Waals surface area contributed by atoms with Crippen molar-refractivity contribution in [3.8, 4) is 0 Å². The van der Waals surface area contributed by atoms with Crippen LogP contribution < -0.4 is 5.32 Å². The number of rotatable bonds is 4. The molecular formula is C11H15N3O2. The molecule has 0 unspecified atom stereocenters. The first-order valence-electron chi connectivity index (χ1n) is 4.85. The summed E-state index contributed by atoms with van der Waals surface area (Å²) < 4.78 is 0. The molecule has 1 amide bonds. The lowest BCUT2D eigenvalue weighted by molar-refractivity contribution is -0.110. The molecule has 1 aromatic carbocycles. The van der Waals surface area contributed by atoms with Gasteiger partial charge in [0.2, 0.25) is 0 Å². The minimum Gasteiger partial charge on any atom is -0.410 e. The van der Waals surface area contributed by atoms with E-state index in [9.17, 15) is 4.79 Å². The number of nitrogens with zero attached hydrogens (tertiary/aromatic N) is 2. The van der Waals surface area contributed by atoms with Crippen LogP contribution in [0.4, 0.5) is 5.69 Å². The molecule has 0 fully saturated rings. The quantitative estimate of drug-likeness (QED) is 0.453. The highest BCUT2D eigenvalue weighted by Crippen LogP contribution is 2.04. The van der Waals surface area contributed by atoms with E-state index in [-0.39, 0.29) is 12.3 Å². The zero-order valence-electron chi connectivity index (χ0n) is 9.34. The van der Waals surface area contributed by atoms with Crippen molar-refractivity contribution in [2.45, 2.75) is 0 Å². The van der Waals surface area contributed by atoms with Crippen LogP contribution in [0.5, 0.6) is 0 Å². The maximum absolute atomic E-state index is 11.7.